The molecule has 1 aromatic carbocycles. The van der Waals surface area contributed by atoms with Crippen molar-refractivity contribution in [2.75, 3.05) is 0 Å². The van der Waals surface area contributed by atoms with Crippen molar-refractivity contribution in [3.63, 3.8) is 0 Å². The molecule has 0 aliphatic heterocycles. The van der Waals surface area contributed by atoms with Gasteiger partial charge in [0.2, 0.25) is 0 Å². The summed E-state index contributed by atoms with van der Waals surface area (Å²) in [6.07, 6.45) is 13.0. The predicted molar refractivity (Wildman–Crippen MR) is 100 cm³/mol. The van der Waals surface area contributed by atoms with Gasteiger partial charge in [-0.15, -0.1) is 17.0 Å². The summed E-state index contributed by atoms with van der Waals surface area (Å²) in [6.45, 7) is 8.66. The zero-order valence-corrected chi connectivity index (χ0v) is 16.0. The molecule has 0 amide bonds. The SMILES string of the molecule is Br.CCCCC1CC1.Cc1cc(C)c(-n2ccnc2)c(C)c1. The largest absolute Gasteiger partial charge is 0.306 e. The fraction of sp³-hybridized carbons (Fsp3) is 0.526. The molecule has 2 nitrogen and oxygen atoms in total. The minimum atomic E-state index is 0. The fourth-order valence-electron chi connectivity index (χ4n) is 2.87. The molecule has 0 unspecified atom stereocenters. The number of nitrogens with zero attached hydrogens (tertiary/aromatic N) is 2. The lowest BCUT2D eigenvalue weighted by molar-refractivity contribution is 0.654. The first-order chi connectivity index (χ1) is 10.1. The Morgan fingerprint density at radius 1 is 1.14 bits per heavy atom. The van der Waals surface area contributed by atoms with E-state index in [-0.39, 0.29) is 17.0 Å². The van der Waals surface area contributed by atoms with Crippen LogP contribution in [-0.4, -0.2) is 9.55 Å². The van der Waals surface area contributed by atoms with Crippen molar-refractivity contribution in [2.24, 2.45) is 5.92 Å². The van der Waals surface area contributed by atoms with E-state index in [2.05, 4.69) is 49.4 Å². The Balaban J connectivity index is 0.000000258. The number of aromatic nitrogens is 2. The van der Waals surface area contributed by atoms with Crippen molar-refractivity contribution in [1.82, 2.24) is 9.55 Å². The van der Waals surface area contributed by atoms with Crippen LogP contribution >= 0.6 is 17.0 Å². The van der Waals surface area contributed by atoms with E-state index in [1.54, 1.807) is 6.20 Å². The number of halogens is 1. The average molecular weight is 365 g/mol. The van der Waals surface area contributed by atoms with Crippen molar-refractivity contribution in [3.8, 4) is 5.69 Å². The molecule has 3 rings (SSSR count). The van der Waals surface area contributed by atoms with Gasteiger partial charge in [-0.2, -0.15) is 0 Å². The van der Waals surface area contributed by atoms with Gasteiger partial charge in [-0.25, -0.2) is 4.98 Å². The van der Waals surface area contributed by atoms with Crippen molar-refractivity contribution < 1.29 is 0 Å². The lowest BCUT2D eigenvalue weighted by atomic mass is 10.1. The van der Waals surface area contributed by atoms with Crippen molar-refractivity contribution in [1.29, 1.82) is 0 Å². The molecule has 1 fully saturated rings. The van der Waals surface area contributed by atoms with Crippen molar-refractivity contribution in [3.05, 3.63) is 47.5 Å². The minimum Gasteiger partial charge on any atom is -0.306 e. The molecule has 0 saturated heterocycles. The molecule has 22 heavy (non-hydrogen) atoms. The maximum atomic E-state index is 4.07. The summed E-state index contributed by atoms with van der Waals surface area (Å²) in [5.41, 5.74) is 5.14. The second-order valence-corrected chi connectivity index (χ2v) is 6.30. The highest BCUT2D eigenvalue weighted by Gasteiger charge is 2.19. The fourth-order valence-corrected chi connectivity index (χ4v) is 2.87. The van der Waals surface area contributed by atoms with Gasteiger partial charge in [-0.1, -0.05) is 56.7 Å². The van der Waals surface area contributed by atoms with Gasteiger partial charge in [0.05, 0.1) is 12.0 Å². The number of aryl methyl sites for hydroxylation is 3. The van der Waals surface area contributed by atoms with Crippen LogP contribution < -0.4 is 0 Å². The summed E-state index contributed by atoms with van der Waals surface area (Å²) in [5, 5.41) is 0. The van der Waals surface area contributed by atoms with E-state index in [0.29, 0.717) is 0 Å². The Morgan fingerprint density at radius 2 is 1.77 bits per heavy atom. The molecule has 0 atom stereocenters. The van der Waals surface area contributed by atoms with Crippen LogP contribution in [0.4, 0.5) is 0 Å². The van der Waals surface area contributed by atoms with Gasteiger partial charge >= 0.3 is 0 Å². The van der Waals surface area contributed by atoms with E-state index < -0.39 is 0 Å². The number of imidazole rings is 1. The molecule has 122 valence electrons. The van der Waals surface area contributed by atoms with Crippen molar-refractivity contribution in [2.45, 2.75) is 59.8 Å². The number of benzene rings is 1. The Labute approximate surface area is 145 Å². The molecule has 1 saturated carbocycles. The summed E-state index contributed by atoms with van der Waals surface area (Å²) < 4.78 is 2.06. The van der Waals surface area contributed by atoms with Crippen LogP contribution in [0.3, 0.4) is 0 Å². The van der Waals surface area contributed by atoms with Gasteiger partial charge in [0, 0.05) is 12.4 Å². The molecule has 0 spiro atoms. The number of unbranched alkanes of at least 4 members (excludes halogenated alkanes) is 1. The number of hydrogen-bond donors (Lipinski definition) is 0. The molecule has 1 heterocycles. The lowest BCUT2D eigenvalue weighted by Gasteiger charge is -2.11. The third-order valence-corrected chi connectivity index (χ3v) is 4.06. The van der Waals surface area contributed by atoms with E-state index in [4.69, 9.17) is 0 Å². The second-order valence-electron chi connectivity index (χ2n) is 6.30. The Bertz CT molecular complexity index is 534. The molecule has 1 aromatic heterocycles. The van der Waals surface area contributed by atoms with Gasteiger partial charge in [0.15, 0.2) is 0 Å². The molecule has 0 bridgehead atoms. The molecule has 1 aliphatic carbocycles. The van der Waals surface area contributed by atoms with E-state index in [1.165, 1.54) is 54.5 Å². The van der Waals surface area contributed by atoms with Gasteiger partial charge in [-0.3, -0.25) is 0 Å². The van der Waals surface area contributed by atoms with Gasteiger partial charge in [0.25, 0.3) is 0 Å². The highest BCUT2D eigenvalue weighted by Crippen LogP contribution is 2.33. The number of hydrogen-bond acceptors (Lipinski definition) is 1. The third-order valence-electron chi connectivity index (χ3n) is 4.06. The molecule has 2 aromatic rings. The number of rotatable bonds is 4. The first kappa shape index (κ1) is 19.0. The molecule has 0 radical (unpaired) electrons. The van der Waals surface area contributed by atoms with E-state index >= 15 is 0 Å². The zero-order valence-electron chi connectivity index (χ0n) is 14.3. The normalized spacial score (nSPS) is 13.1. The van der Waals surface area contributed by atoms with Gasteiger partial charge < -0.3 is 4.57 Å². The Morgan fingerprint density at radius 3 is 2.23 bits per heavy atom. The summed E-state index contributed by atoms with van der Waals surface area (Å²) >= 11 is 0. The molecule has 3 heteroatoms. The Kier molecular flexibility index (Phi) is 7.88. The van der Waals surface area contributed by atoms with E-state index in [9.17, 15) is 0 Å². The van der Waals surface area contributed by atoms with Gasteiger partial charge in [-0.05, 0) is 37.8 Å². The van der Waals surface area contributed by atoms with Crippen LogP contribution in [0.5, 0.6) is 0 Å². The van der Waals surface area contributed by atoms with E-state index in [0.717, 1.165) is 5.92 Å². The van der Waals surface area contributed by atoms with Crippen LogP contribution in [0.15, 0.2) is 30.9 Å². The van der Waals surface area contributed by atoms with Crippen molar-refractivity contribution >= 4 is 17.0 Å². The summed E-state index contributed by atoms with van der Waals surface area (Å²) in [7, 11) is 0. The van der Waals surface area contributed by atoms with Crippen LogP contribution in [-0.2, 0) is 0 Å². The maximum Gasteiger partial charge on any atom is 0.0991 e. The maximum absolute atomic E-state index is 4.07. The standard InChI is InChI=1S/C12H14N2.C7H14.BrH/c1-9-6-10(2)12(11(3)7-9)14-5-4-13-8-14;1-2-3-4-7-5-6-7;/h4-8H,1-3H3;7H,2-6H2,1H3;1H. The first-order valence-corrected chi connectivity index (χ1v) is 8.18. The molecule has 1 aliphatic rings. The summed E-state index contributed by atoms with van der Waals surface area (Å²) in [4.78, 5) is 4.07. The molecular weight excluding hydrogens is 336 g/mol. The monoisotopic (exact) mass is 364 g/mol. The quantitative estimate of drug-likeness (QED) is 0.653. The molecular formula is C19H29BrN2. The Hall–Kier alpha value is -1.09. The van der Waals surface area contributed by atoms with Gasteiger partial charge in [0.1, 0.15) is 0 Å². The molecule has 0 N–H and O–H groups in total. The smallest absolute Gasteiger partial charge is 0.0991 e. The highest BCUT2D eigenvalue weighted by atomic mass is 79.9. The van der Waals surface area contributed by atoms with Crippen LogP contribution in [0.1, 0.15) is 55.7 Å². The topological polar surface area (TPSA) is 17.8 Å². The summed E-state index contributed by atoms with van der Waals surface area (Å²) in [6, 6.07) is 4.39. The predicted octanol–water partition coefficient (Wildman–Crippen LogP) is 5.96. The zero-order chi connectivity index (χ0) is 15.2. The minimum absolute atomic E-state index is 0. The first-order valence-electron chi connectivity index (χ1n) is 8.18. The highest BCUT2D eigenvalue weighted by molar-refractivity contribution is 8.93. The second kappa shape index (κ2) is 9.14. The van der Waals surface area contributed by atoms with Crippen LogP contribution in [0, 0.1) is 26.7 Å². The summed E-state index contributed by atoms with van der Waals surface area (Å²) in [5.74, 6) is 1.15. The van der Waals surface area contributed by atoms with Crippen LogP contribution in [0.2, 0.25) is 0 Å². The van der Waals surface area contributed by atoms with E-state index in [1.807, 2.05) is 12.5 Å². The van der Waals surface area contributed by atoms with Crippen LogP contribution in [0.25, 0.3) is 5.69 Å². The third kappa shape index (κ3) is 5.60. The lowest BCUT2D eigenvalue weighted by Crippen LogP contribution is -1.98. The average Bonchev–Trinajstić information content (AvgIpc) is 3.11.